The highest BCUT2D eigenvalue weighted by Gasteiger charge is 2.19. The molecule has 0 saturated carbocycles. The van der Waals surface area contributed by atoms with Crippen molar-refractivity contribution in [1.29, 1.82) is 0 Å². The topological polar surface area (TPSA) is 191 Å². The van der Waals surface area contributed by atoms with E-state index in [0.29, 0.717) is 32.7 Å². The Morgan fingerprint density at radius 1 is 0.325 bits per heavy atom. The zero-order valence-corrected chi connectivity index (χ0v) is 53.5. The van der Waals surface area contributed by atoms with E-state index in [-0.39, 0.29) is 23.9 Å². The Bertz CT molecular complexity index is 1210. The molecule has 0 radical (unpaired) electrons. The van der Waals surface area contributed by atoms with Crippen molar-refractivity contribution in [3.05, 3.63) is 24.3 Å². The number of nitrogens with two attached hydrogens (primary N) is 3. The average Bonchev–Trinajstić information content (AvgIpc) is 3.46. The second kappa shape index (κ2) is 66.2. The molecule has 0 spiro atoms. The molecule has 0 aromatic heterocycles. The van der Waals surface area contributed by atoms with Crippen molar-refractivity contribution >= 4 is 11.8 Å². The maximum absolute atomic E-state index is 13.6. The van der Waals surface area contributed by atoms with Gasteiger partial charge in [0.2, 0.25) is 11.8 Å². The van der Waals surface area contributed by atoms with Crippen LogP contribution in [-0.4, -0.2) is 145 Å². The van der Waals surface area contributed by atoms with Crippen LogP contribution in [0.4, 0.5) is 0 Å². The standard InChI is InChI=1S/C67H139N11O2/c1-4-7-10-12-14-16-18-20-22-24-26-28-30-32-34-36-58-77(60-43-56-75-66(79)64(73-54-9-6-3)45-38-50-71-52-40-47-68)62-63-78(59-37-35-33-31-29-27-25-23-21-19-17-15-13-11-8-5-2)61-44-57-76-67(80)65(74-55-42-49-70)46-39-51-72-53-41-48-69/h20-23,64-65,71-74H,4-19,24-63,68-70H2,1-3H3,(H,75,79)(H,76,80)/b22-20+,23-21+. The molecule has 0 bridgehead atoms. The summed E-state index contributed by atoms with van der Waals surface area (Å²) in [5.41, 5.74) is 17.2. The second-order valence-electron chi connectivity index (χ2n) is 23.4. The number of hydrogen-bond donors (Lipinski definition) is 9. The van der Waals surface area contributed by atoms with Crippen molar-refractivity contribution in [3.63, 3.8) is 0 Å². The van der Waals surface area contributed by atoms with Crippen LogP contribution in [0.1, 0.15) is 271 Å². The van der Waals surface area contributed by atoms with E-state index in [4.69, 9.17) is 17.2 Å². The fraction of sp³-hybridized carbons (Fsp3) is 0.910. The molecule has 0 aliphatic rings. The van der Waals surface area contributed by atoms with Crippen LogP contribution in [0.5, 0.6) is 0 Å². The summed E-state index contributed by atoms with van der Waals surface area (Å²) < 4.78 is 0. The lowest BCUT2D eigenvalue weighted by Gasteiger charge is -2.28. The van der Waals surface area contributed by atoms with Crippen molar-refractivity contribution in [1.82, 2.24) is 41.7 Å². The van der Waals surface area contributed by atoms with Gasteiger partial charge in [0.25, 0.3) is 0 Å². The maximum atomic E-state index is 13.6. The van der Waals surface area contributed by atoms with Gasteiger partial charge in [0, 0.05) is 26.2 Å². The summed E-state index contributed by atoms with van der Waals surface area (Å²) in [4.78, 5) is 32.5. The molecule has 80 heavy (non-hydrogen) atoms. The summed E-state index contributed by atoms with van der Waals surface area (Å²) >= 11 is 0. The van der Waals surface area contributed by atoms with Crippen molar-refractivity contribution in [2.45, 2.75) is 283 Å². The van der Waals surface area contributed by atoms with Crippen LogP contribution >= 0.6 is 0 Å². The number of nitrogens with zero attached hydrogens (tertiary/aromatic N) is 2. The van der Waals surface area contributed by atoms with Gasteiger partial charge >= 0.3 is 0 Å². The molecule has 2 atom stereocenters. The monoisotopic (exact) mass is 1130 g/mol. The highest BCUT2D eigenvalue weighted by atomic mass is 16.2. The fourth-order valence-corrected chi connectivity index (χ4v) is 10.4. The predicted molar refractivity (Wildman–Crippen MR) is 351 cm³/mol. The third-order valence-corrected chi connectivity index (χ3v) is 15.7. The molecule has 0 aliphatic heterocycles. The normalized spacial score (nSPS) is 12.8. The second-order valence-corrected chi connectivity index (χ2v) is 23.4. The first-order valence-corrected chi connectivity index (χ1v) is 34.8. The van der Waals surface area contributed by atoms with Crippen LogP contribution in [0.15, 0.2) is 24.3 Å². The molecule has 0 aromatic rings. The summed E-state index contributed by atoms with van der Waals surface area (Å²) in [5, 5.41) is 20.7. The van der Waals surface area contributed by atoms with Gasteiger partial charge < -0.3 is 58.9 Å². The SMILES string of the molecule is CCCCCCCC/C=C/CCCCCCCCN(CCCNC(=O)C(CCCNCCCN)NCCCC)CCN(CCCCCCCC/C=C/CCCCCCCC)CCCNC(=O)C(CCCNCCCN)NCCCN. The van der Waals surface area contributed by atoms with Gasteiger partial charge in [0.05, 0.1) is 12.1 Å². The molecule has 13 heteroatoms. The van der Waals surface area contributed by atoms with Gasteiger partial charge in [-0.15, -0.1) is 0 Å². The fourth-order valence-electron chi connectivity index (χ4n) is 10.4. The van der Waals surface area contributed by atoms with E-state index >= 15 is 0 Å². The molecule has 2 amide bonds. The first kappa shape index (κ1) is 78.1. The number of rotatable bonds is 67. The summed E-state index contributed by atoms with van der Waals surface area (Å²) in [6.07, 6.45) is 57.1. The Labute approximate surface area is 497 Å². The van der Waals surface area contributed by atoms with Crippen LogP contribution in [0.2, 0.25) is 0 Å². The van der Waals surface area contributed by atoms with Crippen molar-refractivity contribution < 1.29 is 9.59 Å². The van der Waals surface area contributed by atoms with Crippen molar-refractivity contribution in [3.8, 4) is 0 Å². The van der Waals surface area contributed by atoms with Gasteiger partial charge in [-0.25, -0.2) is 0 Å². The summed E-state index contributed by atoms with van der Waals surface area (Å²) in [5.74, 6) is 0.251. The number of nitrogens with one attached hydrogen (secondary N) is 6. The van der Waals surface area contributed by atoms with Gasteiger partial charge in [0.15, 0.2) is 0 Å². The Morgan fingerprint density at radius 2 is 0.625 bits per heavy atom. The molecule has 0 aromatic carbocycles. The Morgan fingerprint density at radius 3 is 0.988 bits per heavy atom. The number of amides is 2. The average molecular weight is 1130 g/mol. The van der Waals surface area contributed by atoms with Crippen molar-refractivity contribution in [2.24, 2.45) is 17.2 Å². The molecular weight excluding hydrogens is 991 g/mol. The summed E-state index contributed by atoms with van der Waals surface area (Å²) in [6, 6.07) is -0.352. The van der Waals surface area contributed by atoms with E-state index in [1.165, 1.54) is 180 Å². The van der Waals surface area contributed by atoms with E-state index in [2.05, 4.69) is 86.8 Å². The molecule has 0 aliphatic carbocycles. The van der Waals surface area contributed by atoms with Gasteiger partial charge in [-0.3, -0.25) is 9.59 Å². The molecule has 13 nitrogen and oxygen atoms in total. The largest absolute Gasteiger partial charge is 0.355 e. The first-order chi connectivity index (χ1) is 39.5. The summed E-state index contributed by atoms with van der Waals surface area (Å²) in [7, 11) is 0. The third-order valence-electron chi connectivity index (χ3n) is 15.7. The molecular formula is C67H139N11O2. The zero-order valence-electron chi connectivity index (χ0n) is 53.5. The Balaban J connectivity index is 5.60. The van der Waals surface area contributed by atoms with Gasteiger partial charge in [-0.05, 0) is 213 Å². The molecule has 0 rings (SSSR count). The first-order valence-electron chi connectivity index (χ1n) is 34.8. The number of carbonyl (C=O) groups excluding carboxylic acids is 2. The van der Waals surface area contributed by atoms with Crippen LogP contribution in [0, 0.1) is 0 Å². The number of unbranched alkanes of at least 4 members (excludes halogenated alkanes) is 25. The highest BCUT2D eigenvalue weighted by Crippen LogP contribution is 2.14. The molecule has 2 unspecified atom stereocenters. The summed E-state index contributed by atoms with van der Waals surface area (Å²) in [6.45, 7) is 21.7. The minimum absolute atomic E-state index is 0.108. The molecule has 0 saturated heterocycles. The van der Waals surface area contributed by atoms with Gasteiger partial charge in [0.1, 0.15) is 0 Å². The lowest BCUT2D eigenvalue weighted by Crippen LogP contribution is -2.46. The van der Waals surface area contributed by atoms with Crippen LogP contribution in [-0.2, 0) is 9.59 Å². The zero-order chi connectivity index (χ0) is 58.1. The smallest absolute Gasteiger partial charge is 0.237 e. The minimum Gasteiger partial charge on any atom is -0.355 e. The van der Waals surface area contributed by atoms with Crippen LogP contribution in [0.3, 0.4) is 0 Å². The van der Waals surface area contributed by atoms with Crippen molar-refractivity contribution in [2.75, 3.05) is 111 Å². The number of hydrogen-bond acceptors (Lipinski definition) is 11. The Kier molecular flexibility index (Phi) is 64.6. The lowest BCUT2D eigenvalue weighted by atomic mass is 10.1. The van der Waals surface area contributed by atoms with E-state index in [1.54, 1.807) is 0 Å². The molecule has 0 heterocycles. The van der Waals surface area contributed by atoms with E-state index in [1.807, 2.05) is 0 Å². The maximum Gasteiger partial charge on any atom is 0.237 e. The van der Waals surface area contributed by atoms with Crippen LogP contribution in [0.25, 0.3) is 0 Å². The number of carbonyl (C=O) groups is 2. The molecule has 12 N–H and O–H groups in total. The number of allylic oxidation sites excluding steroid dienone is 4. The van der Waals surface area contributed by atoms with Gasteiger partial charge in [-0.1, -0.05) is 167 Å². The quantitative estimate of drug-likeness (QED) is 0.0208. The van der Waals surface area contributed by atoms with E-state index in [0.717, 1.165) is 149 Å². The minimum atomic E-state index is -0.202. The van der Waals surface area contributed by atoms with E-state index in [9.17, 15) is 9.59 Å². The molecule has 0 fully saturated rings. The predicted octanol–water partition coefficient (Wildman–Crippen LogP) is 12.2. The Hall–Kier alpha value is -1.94. The molecule has 474 valence electrons. The van der Waals surface area contributed by atoms with Crippen LogP contribution < -0.4 is 49.1 Å². The third kappa shape index (κ3) is 56.5. The van der Waals surface area contributed by atoms with Gasteiger partial charge in [-0.2, -0.15) is 0 Å². The lowest BCUT2D eigenvalue weighted by molar-refractivity contribution is -0.124. The highest BCUT2D eigenvalue weighted by molar-refractivity contribution is 5.82. The van der Waals surface area contributed by atoms with E-state index < -0.39 is 0 Å².